The monoisotopic (exact) mass is 477 g/mol. The zero-order valence-electron chi connectivity index (χ0n) is 19.7. The molecule has 0 aromatic carbocycles. The van der Waals surface area contributed by atoms with Gasteiger partial charge in [0.15, 0.2) is 0 Å². The fraction of sp³-hybridized carbons (Fsp3) is 0.148. The first kappa shape index (κ1) is 21.7. The number of aromatic nitrogens is 6. The fourth-order valence-electron chi connectivity index (χ4n) is 4.30. The molecule has 0 unspecified atom stereocenters. The number of H-pyrrole nitrogens is 2. The van der Waals surface area contributed by atoms with Crippen molar-refractivity contribution < 1.29 is 9.21 Å². The molecule has 0 aliphatic carbocycles. The van der Waals surface area contributed by atoms with Gasteiger partial charge in [0, 0.05) is 35.3 Å². The Hall–Kier alpha value is -4.79. The molecule has 0 bridgehead atoms. The van der Waals surface area contributed by atoms with Gasteiger partial charge < -0.3 is 14.7 Å². The Labute approximate surface area is 206 Å². The zero-order valence-corrected chi connectivity index (χ0v) is 19.7. The summed E-state index contributed by atoms with van der Waals surface area (Å²) in [6.07, 6.45) is 8.96. The van der Waals surface area contributed by atoms with E-state index in [9.17, 15) is 4.79 Å². The van der Waals surface area contributed by atoms with Crippen LogP contribution in [0.1, 0.15) is 20.3 Å². The minimum absolute atomic E-state index is 0.0355. The molecule has 0 aliphatic heterocycles. The molecule has 0 spiro atoms. The van der Waals surface area contributed by atoms with Crippen LogP contribution in [0.2, 0.25) is 0 Å². The van der Waals surface area contributed by atoms with E-state index in [0.717, 1.165) is 50.1 Å². The average molecular weight is 478 g/mol. The van der Waals surface area contributed by atoms with Gasteiger partial charge in [-0.3, -0.25) is 14.9 Å². The van der Waals surface area contributed by atoms with Crippen LogP contribution in [0.4, 0.5) is 5.69 Å². The summed E-state index contributed by atoms with van der Waals surface area (Å²) in [6.45, 7) is 4.02. The third-order valence-corrected chi connectivity index (χ3v) is 5.94. The number of hydrogen-bond acceptors (Lipinski definition) is 6. The Bertz CT molecular complexity index is 1700. The highest BCUT2D eigenvalue weighted by molar-refractivity contribution is 5.99. The van der Waals surface area contributed by atoms with Gasteiger partial charge in [-0.15, -0.1) is 0 Å². The lowest BCUT2D eigenvalue weighted by Gasteiger charge is -2.08. The molecule has 178 valence electrons. The number of fused-ring (bicyclic) bond motifs is 2. The first-order chi connectivity index (χ1) is 17.5. The van der Waals surface area contributed by atoms with Gasteiger partial charge in [-0.2, -0.15) is 5.10 Å². The van der Waals surface area contributed by atoms with E-state index in [1.807, 2.05) is 50.2 Å². The van der Waals surface area contributed by atoms with Crippen LogP contribution in [-0.2, 0) is 4.79 Å². The van der Waals surface area contributed by atoms with Crippen LogP contribution in [0.5, 0.6) is 0 Å². The number of amides is 1. The molecule has 0 aliphatic rings. The molecule has 0 atom stereocenters. The van der Waals surface area contributed by atoms with E-state index >= 15 is 0 Å². The topological polar surface area (TPSA) is 125 Å². The number of hydrogen-bond donors (Lipinski definition) is 3. The van der Waals surface area contributed by atoms with Crippen LogP contribution in [0.25, 0.3) is 55.8 Å². The number of aromatic amines is 2. The van der Waals surface area contributed by atoms with Crippen LogP contribution in [0.3, 0.4) is 0 Å². The van der Waals surface area contributed by atoms with Crippen LogP contribution in [-0.4, -0.2) is 36.0 Å². The molecule has 1 amide bonds. The highest BCUT2D eigenvalue weighted by Crippen LogP contribution is 2.33. The summed E-state index contributed by atoms with van der Waals surface area (Å²) in [7, 11) is 0. The number of nitrogens with one attached hydrogen (secondary N) is 3. The largest absolute Gasteiger partial charge is 0.472 e. The van der Waals surface area contributed by atoms with Gasteiger partial charge in [0.25, 0.3) is 0 Å². The predicted molar refractivity (Wildman–Crippen MR) is 138 cm³/mol. The van der Waals surface area contributed by atoms with Gasteiger partial charge in [-0.05, 0) is 47.9 Å². The van der Waals surface area contributed by atoms with Crippen molar-refractivity contribution in [3.63, 3.8) is 0 Å². The summed E-state index contributed by atoms with van der Waals surface area (Å²) in [4.78, 5) is 29.3. The summed E-state index contributed by atoms with van der Waals surface area (Å²) in [6, 6.07) is 11.6. The fourth-order valence-corrected chi connectivity index (χ4v) is 4.30. The second-order valence-corrected chi connectivity index (χ2v) is 9.09. The highest BCUT2D eigenvalue weighted by atomic mass is 16.3. The molecule has 6 aromatic rings. The molecular weight excluding hydrogens is 454 g/mol. The predicted octanol–water partition coefficient (Wildman–Crippen LogP) is 5.81. The molecule has 9 heteroatoms. The van der Waals surface area contributed by atoms with E-state index < -0.39 is 0 Å². The van der Waals surface area contributed by atoms with Crippen LogP contribution < -0.4 is 5.32 Å². The number of furan rings is 1. The van der Waals surface area contributed by atoms with Crippen molar-refractivity contribution in [3.8, 4) is 33.8 Å². The lowest BCUT2D eigenvalue weighted by Crippen LogP contribution is -2.13. The number of pyridine rings is 3. The van der Waals surface area contributed by atoms with E-state index in [-0.39, 0.29) is 11.8 Å². The Balaban J connectivity index is 1.38. The second-order valence-electron chi connectivity index (χ2n) is 9.09. The molecule has 36 heavy (non-hydrogen) atoms. The maximum Gasteiger partial charge on any atom is 0.224 e. The molecule has 3 N–H and O–H groups in total. The Morgan fingerprint density at radius 3 is 2.86 bits per heavy atom. The molecular formula is C27H23N7O2. The van der Waals surface area contributed by atoms with E-state index in [1.54, 1.807) is 31.1 Å². The van der Waals surface area contributed by atoms with E-state index in [4.69, 9.17) is 9.40 Å². The first-order valence-corrected chi connectivity index (χ1v) is 11.7. The second kappa shape index (κ2) is 8.77. The third kappa shape index (κ3) is 4.00. The molecule has 0 saturated heterocycles. The van der Waals surface area contributed by atoms with Crippen LogP contribution >= 0.6 is 0 Å². The quantitative estimate of drug-likeness (QED) is 0.278. The summed E-state index contributed by atoms with van der Waals surface area (Å²) < 4.78 is 5.27. The standard InChI is InChI=1S/C27H23N7O2/c1-15(2)9-24(35)30-18-10-17(12-28-13-18)21-3-4-22-25(31-21)26(34-33-22)23-11-20-19(16-6-8-36-14-16)5-7-29-27(20)32-23/h3-8,10-15H,9H2,1-2H3,(H,29,32)(H,30,35)(H,33,34). The number of rotatable bonds is 6. The van der Waals surface area contributed by atoms with Crippen molar-refractivity contribution in [2.45, 2.75) is 20.3 Å². The van der Waals surface area contributed by atoms with Crippen molar-refractivity contribution in [2.75, 3.05) is 5.32 Å². The molecule has 6 heterocycles. The van der Waals surface area contributed by atoms with Gasteiger partial charge >= 0.3 is 0 Å². The average Bonchev–Trinajstić information content (AvgIpc) is 3.62. The van der Waals surface area contributed by atoms with Gasteiger partial charge in [0.1, 0.15) is 16.9 Å². The highest BCUT2D eigenvalue weighted by Gasteiger charge is 2.16. The SMILES string of the molecule is CC(C)CC(=O)Nc1cncc(-c2ccc3[nH]nc(-c4cc5c(-c6ccoc6)ccnc5[nH]4)c3n2)c1. The maximum absolute atomic E-state index is 12.2. The van der Waals surface area contributed by atoms with Gasteiger partial charge in [0.2, 0.25) is 5.91 Å². The Kier molecular flexibility index (Phi) is 5.29. The molecule has 9 nitrogen and oxygen atoms in total. The number of carbonyl (C=O) groups is 1. The summed E-state index contributed by atoms with van der Waals surface area (Å²) in [5, 5.41) is 11.5. The number of anilines is 1. The van der Waals surface area contributed by atoms with E-state index in [1.165, 1.54) is 0 Å². The lowest BCUT2D eigenvalue weighted by molar-refractivity contribution is -0.116. The molecule has 0 saturated carbocycles. The van der Waals surface area contributed by atoms with Crippen molar-refractivity contribution in [1.29, 1.82) is 0 Å². The molecule has 0 fully saturated rings. The molecule has 0 radical (unpaired) electrons. The number of carbonyl (C=O) groups excluding carboxylic acids is 1. The Morgan fingerprint density at radius 1 is 1.11 bits per heavy atom. The zero-order chi connectivity index (χ0) is 24.6. The minimum Gasteiger partial charge on any atom is -0.472 e. The summed E-state index contributed by atoms with van der Waals surface area (Å²) >= 11 is 0. The smallest absolute Gasteiger partial charge is 0.224 e. The van der Waals surface area contributed by atoms with Gasteiger partial charge in [-0.25, -0.2) is 9.97 Å². The van der Waals surface area contributed by atoms with Crippen molar-refractivity contribution in [2.24, 2.45) is 5.92 Å². The normalized spacial score (nSPS) is 11.5. The van der Waals surface area contributed by atoms with Gasteiger partial charge in [-0.1, -0.05) is 13.8 Å². The maximum atomic E-state index is 12.2. The van der Waals surface area contributed by atoms with Gasteiger partial charge in [0.05, 0.1) is 41.3 Å². The first-order valence-electron chi connectivity index (χ1n) is 11.7. The molecule has 6 aromatic heterocycles. The number of nitrogens with zero attached hydrogens (tertiary/aromatic N) is 4. The van der Waals surface area contributed by atoms with E-state index in [2.05, 4.69) is 30.5 Å². The van der Waals surface area contributed by atoms with Crippen molar-refractivity contribution in [1.82, 2.24) is 30.1 Å². The minimum atomic E-state index is -0.0355. The summed E-state index contributed by atoms with van der Waals surface area (Å²) in [5.41, 5.74) is 7.95. The van der Waals surface area contributed by atoms with Crippen molar-refractivity contribution >= 4 is 33.7 Å². The molecule has 6 rings (SSSR count). The lowest BCUT2D eigenvalue weighted by atomic mass is 10.1. The summed E-state index contributed by atoms with van der Waals surface area (Å²) in [5.74, 6) is 0.243. The van der Waals surface area contributed by atoms with E-state index in [0.29, 0.717) is 17.8 Å². The van der Waals surface area contributed by atoms with Crippen molar-refractivity contribution in [3.05, 3.63) is 67.5 Å². The Morgan fingerprint density at radius 2 is 2.03 bits per heavy atom. The van der Waals surface area contributed by atoms with Crippen LogP contribution in [0, 0.1) is 5.92 Å². The third-order valence-electron chi connectivity index (χ3n) is 5.94. The van der Waals surface area contributed by atoms with Crippen LogP contribution in [0.15, 0.2) is 71.9 Å².